The van der Waals surface area contributed by atoms with Crippen LogP contribution in [0.1, 0.15) is 19.8 Å². The van der Waals surface area contributed by atoms with Crippen LogP contribution in [0.15, 0.2) is 0 Å². The largest absolute Gasteiger partial charge is 0.381 e. The Morgan fingerprint density at radius 2 is 2.25 bits per heavy atom. The van der Waals surface area contributed by atoms with Crippen LogP contribution in [0.2, 0.25) is 0 Å². The third-order valence-corrected chi connectivity index (χ3v) is 3.46. The minimum Gasteiger partial charge on any atom is -0.381 e. The number of ether oxygens (including phenoxy) is 1. The van der Waals surface area contributed by atoms with Crippen LogP contribution < -0.4 is 5.32 Å². The average molecular weight is 169 g/mol. The first kappa shape index (κ1) is 8.52. The van der Waals surface area contributed by atoms with Gasteiger partial charge in [0.1, 0.15) is 0 Å². The fourth-order valence-corrected chi connectivity index (χ4v) is 2.54. The lowest BCUT2D eigenvalue weighted by Gasteiger charge is -2.33. The monoisotopic (exact) mass is 169 g/mol. The zero-order valence-electron chi connectivity index (χ0n) is 7.88. The highest BCUT2D eigenvalue weighted by atomic mass is 16.5. The van der Waals surface area contributed by atoms with Crippen LogP contribution in [-0.4, -0.2) is 26.3 Å². The topological polar surface area (TPSA) is 21.3 Å². The van der Waals surface area contributed by atoms with E-state index in [0.717, 1.165) is 31.0 Å². The summed E-state index contributed by atoms with van der Waals surface area (Å²) in [5, 5.41) is 3.49. The maximum Gasteiger partial charge on any atom is 0.0498 e. The second kappa shape index (κ2) is 3.75. The van der Waals surface area contributed by atoms with E-state index in [1.807, 2.05) is 0 Å². The molecule has 2 saturated heterocycles. The van der Waals surface area contributed by atoms with Gasteiger partial charge in [0.2, 0.25) is 0 Å². The molecule has 2 heterocycles. The van der Waals surface area contributed by atoms with Gasteiger partial charge in [-0.3, -0.25) is 0 Å². The first-order chi connectivity index (χ1) is 5.88. The Kier molecular flexibility index (Phi) is 2.66. The van der Waals surface area contributed by atoms with Gasteiger partial charge in [-0.05, 0) is 43.7 Å². The van der Waals surface area contributed by atoms with Crippen molar-refractivity contribution in [1.82, 2.24) is 5.32 Å². The summed E-state index contributed by atoms with van der Waals surface area (Å²) in [6.07, 6.45) is 2.64. The zero-order chi connectivity index (χ0) is 8.39. The lowest BCUT2D eigenvalue weighted by Crippen LogP contribution is -2.39. The third-order valence-electron chi connectivity index (χ3n) is 3.46. The highest BCUT2D eigenvalue weighted by Gasteiger charge is 2.31. The number of piperidine rings is 1. The molecule has 0 saturated carbocycles. The molecule has 0 radical (unpaired) electrons. The smallest absolute Gasteiger partial charge is 0.0498 e. The molecule has 12 heavy (non-hydrogen) atoms. The summed E-state index contributed by atoms with van der Waals surface area (Å²) in [6, 6.07) is 0. The van der Waals surface area contributed by atoms with E-state index in [9.17, 15) is 0 Å². The molecular weight excluding hydrogens is 150 g/mol. The first-order valence-corrected chi connectivity index (χ1v) is 5.16. The molecular formula is C10H19NO. The number of hydrogen-bond donors (Lipinski definition) is 1. The Hall–Kier alpha value is -0.0800. The van der Waals surface area contributed by atoms with E-state index in [1.54, 1.807) is 0 Å². The molecule has 2 aliphatic heterocycles. The van der Waals surface area contributed by atoms with E-state index in [0.29, 0.717) is 0 Å². The summed E-state index contributed by atoms with van der Waals surface area (Å²) in [5.74, 6) is 2.62. The summed E-state index contributed by atoms with van der Waals surface area (Å²) in [6.45, 7) is 6.83. The van der Waals surface area contributed by atoms with Crippen molar-refractivity contribution >= 4 is 0 Å². The van der Waals surface area contributed by atoms with E-state index in [1.165, 1.54) is 25.9 Å². The van der Waals surface area contributed by atoms with Crippen LogP contribution in [0.25, 0.3) is 0 Å². The van der Waals surface area contributed by atoms with Crippen molar-refractivity contribution in [3.63, 3.8) is 0 Å². The minimum absolute atomic E-state index is 0.841. The molecule has 0 spiro atoms. The Bertz CT molecular complexity index is 143. The Labute approximate surface area is 74.7 Å². The van der Waals surface area contributed by atoms with Crippen LogP contribution in [-0.2, 0) is 4.74 Å². The third kappa shape index (κ3) is 1.64. The normalized spacial score (nSPS) is 43.2. The van der Waals surface area contributed by atoms with Crippen molar-refractivity contribution in [2.75, 3.05) is 26.3 Å². The van der Waals surface area contributed by atoms with Crippen LogP contribution in [0.3, 0.4) is 0 Å². The van der Waals surface area contributed by atoms with Gasteiger partial charge in [0.05, 0.1) is 0 Å². The van der Waals surface area contributed by atoms with Crippen LogP contribution >= 0.6 is 0 Å². The van der Waals surface area contributed by atoms with E-state index in [4.69, 9.17) is 4.74 Å². The molecule has 0 aromatic rings. The average Bonchev–Trinajstić information content (AvgIpc) is 2.57. The molecule has 0 amide bonds. The molecule has 0 aliphatic carbocycles. The van der Waals surface area contributed by atoms with Crippen molar-refractivity contribution in [3.8, 4) is 0 Å². The fraction of sp³-hybridized carbons (Fsp3) is 1.00. The molecule has 2 rings (SSSR count). The Balaban J connectivity index is 1.91. The van der Waals surface area contributed by atoms with Gasteiger partial charge in [0, 0.05) is 13.2 Å². The maximum atomic E-state index is 5.43. The van der Waals surface area contributed by atoms with Crippen LogP contribution in [0, 0.1) is 17.8 Å². The molecule has 2 fully saturated rings. The molecule has 0 aromatic carbocycles. The fourth-order valence-electron chi connectivity index (χ4n) is 2.54. The standard InChI is InChI=1S/C10H19NO/c1-8-2-4-11-6-10(8)9-3-5-12-7-9/h8-11H,2-7H2,1H3. The zero-order valence-corrected chi connectivity index (χ0v) is 7.88. The van der Waals surface area contributed by atoms with Gasteiger partial charge in [-0.1, -0.05) is 6.92 Å². The molecule has 2 nitrogen and oxygen atoms in total. The van der Waals surface area contributed by atoms with Crippen molar-refractivity contribution in [2.24, 2.45) is 17.8 Å². The molecule has 3 unspecified atom stereocenters. The predicted octanol–water partition coefficient (Wildman–Crippen LogP) is 1.27. The van der Waals surface area contributed by atoms with Crippen molar-refractivity contribution in [1.29, 1.82) is 0 Å². The van der Waals surface area contributed by atoms with Gasteiger partial charge >= 0.3 is 0 Å². The summed E-state index contributed by atoms with van der Waals surface area (Å²) in [5.41, 5.74) is 0. The van der Waals surface area contributed by atoms with Gasteiger partial charge in [-0.25, -0.2) is 0 Å². The summed E-state index contributed by atoms with van der Waals surface area (Å²) < 4.78 is 5.43. The second-order valence-corrected chi connectivity index (χ2v) is 4.26. The van der Waals surface area contributed by atoms with Gasteiger partial charge < -0.3 is 10.1 Å². The summed E-state index contributed by atoms with van der Waals surface area (Å²) in [4.78, 5) is 0. The van der Waals surface area contributed by atoms with Gasteiger partial charge in [-0.2, -0.15) is 0 Å². The van der Waals surface area contributed by atoms with E-state index < -0.39 is 0 Å². The second-order valence-electron chi connectivity index (χ2n) is 4.26. The minimum atomic E-state index is 0.841. The van der Waals surface area contributed by atoms with Crippen LogP contribution in [0.4, 0.5) is 0 Å². The number of rotatable bonds is 1. The lowest BCUT2D eigenvalue weighted by molar-refractivity contribution is 0.141. The molecule has 2 heteroatoms. The van der Waals surface area contributed by atoms with Crippen LogP contribution in [0.5, 0.6) is 0 Å². The number of hydrogen-bond acceptors (Lipinski definition) is 2. The molecule has 1 N–H and O–H groups in total. The number of nitrogens with one attached hydrogen (secondary N) is 1. The highest BCUT2D eigenvalue weighted by molar-refractivity contribution is 4.82. The SMILES string of the molecule is CC1CCNCC1C1CCOC1. The van der Waals surface area contributed by atoms with E-state index >= 15 is 0 Å². The van der Waals surface area contributed by atoms with E-state index in [2.05, 4.69) is 12.2 Å². The molecule has 0 bridgehead atoms. The van der Waals surface area contributed by atoms with E-state index in [-0.39, 0.29) is 0 Å². The molecule has 2 aliphatic rings. The molecule has 0 aromatic heterocycles. The lowest BCUT2D eigenvalue weighted by atomic mass is 9.78. The summed E-state index contributed by atoms with van der Waals surface area (Å²) >= 11 is 0. The molecule has 3 atom stereocenters. The van der Waals surface area contributed by atoms with Crippen molar-refractivity contribution in [2.45, 2.75) is 19.8 Å². The van der Waals surface area contributed by atoms with Gasteiger partial charge in [-0.15, -0.1) is 0 Å². The predicted molar refractivity (Wildman–Crippen MR) is 49.1 cm³/mol. The first-order valence-electron chi connectivity index (χ1n) is 5.16. The quantitative estimate of drug-likeness (QED) is 0.638. The Morgan fingerprint density at radius 1 is 1.33 bits per heavy atom. The maximum absolute atomic E-state index is 5.43. The molecule has 70 valence electrons. The Morgan fingerprint density at radius 3 is 2.92 bits per heavy atom. The van der Waals surface area contributed by atoms with Gasteiger partial charge in [0.25, 0.3) is 0 Å². The highest BCUT2D eigenvalue weighted by Crippen LogP contribution is 2.30. The van der Waals surface area contributed by atoms with Crippen molar-refractivity contribution in [3.05, 3.63) is 0 Å². The van der Waals surface area contributed by atoms with Gasteiger partial charge in [0.15, 0.2) is 0 Å². The van der Waals surface area contributed by atoms with Crippen molar-refractivity contribution < 1.29 is 4.74 Å². The summed E-state index contributed by atoms with van der Waals surface area (Å²) in [7, 11) is 0.